The lowest BCUT2D eigenvalue weighted by atomic mass is 10.3. The Morgan fingerprint density at radius 1 is 1.31 bits per heavy atom. The normalized spacial score (nSPS) is 14.8. The molecule has 0 radical (unpaired) electrons. The van der Waals surface area contributed by atoms with Gasteiger partial charge in [0, 0.05) is 6.54 Å². The molecule has 0 aromatic rings. The molecule has 0 heterocycles. The van der Waals surface area contributed by atoms with E-state index < -0.39 is 0 Å². The molecular weight excluding hydrogens is 162 g/mol. The Balaban J connectivity index is 3.44. The third-order valence-corrected chi connectivity index (χ3v) is 1.91. The maximum Gasteiger partial charge on any atom is 0.104 e. The van der Waals surface area contributed by atoms with E-state index in [-0.39, 0.29) is 6.23 Å². The van der Waals surface area contributed by atoms with Gasteiger partial charge >= 0.3 is 0 Å². The van der Waals surface area contributed by atoms with Crippen molar-refractivity contribution in [3.8, 4) is 0 Å². The van der Waals surface area contributed by atoms with E-state index in [1.165, 1.54) is 0 Å². The molecule has 13 heavy (non-hydrogen) atoms. The summed E-state index contributed by atoms with van der Waals surface area (Å²) in [6.45, 7) is 4.79. The van der Waals surface area contributed by atoms with Gasteiger partial charge < -0.3 is 5.11 Å². The van der Waals surface area contributed by atoms with Crippen molar-refractivity contribution in [2.24, 2.45) is 0 Å². The summed E-state index contributed by atoms with van der Waals surface area (Å²) in [5.41, 5.74) is 0. The summed E-state index contributed by atoms with van der Waals surface area (Å²) in [5.74, 6) is 0. The summed E-state index contributed by atoms with van der Waals surface area (Å²) in [4.78, 5) is 1.91. The predicted octanol–water partition coefficient (Wildman–Crippen LogP) is 2.17. The molecule has 0 rings (SSSR count). The first kappa shape index (κ1) is 12.4. The summed E-state index contributed by atoms with van der Waals surface area (Å²) in [6, 6.07) is 0. The molecule has 2 nitrogen and oxygen atoms in total. The van der Waals surface area contributed by atoms with Gasteiger partial charge in [0.15, 0.2) is 0 Å². The molecular formula is C11H21NO. The van der Waals surface area contributed by atoms with Crippen LogP contribution in [-0.2, 0) is 0 Å². The van der Waals surface area contributed by atoms with Crippen molar-refractivity contribution in [1.29, 1.82) is 0 Å². The third-order valence-electron chi connectivity index (χ3n) is 1.91. The monoisotopic (exact) mass is 183 g/mol. The highest BCUT2D eigenvalue weighted by atomic mass is 16.3. The summed E-state index contributed by atoms with van der Waals surface area (Å²) in [5, 5.41) is 9.15. The number of hydrogen-bond acceptors (Lipinski definition) is 2. The van der Waals surface area contributed by atoms with Crippen molar-refractivity contribution in [2.45, 2.75) is 32.9 Å². The zero-order valence-electron chi connectivity index (χ0n) is 8.90. The molecule has 0 amide bonds. The Morgan fingerprint density at radius 3 is 2.46 bits per heavy atom. The van der Waals surface area contributed by atoms with Crippen LogP contribution in [0.1, 0.15) is 26.7 Å². The van der Waals surface area contributed by atoms with Crippen LogP contribution in [-0.4, -0.2) is 29.8 Å². The summed E-state index contributed by atoms with van der Waals surface area (Å²) >= 11 is 0. The smallest absolute Gasteiger partial charge is 0.104 e. The van der Waals surface area contributed by atoms with Crippen molar-refractivity contribution in [1.82, 2.24) is 4.90 Å². The first-order valence-corrected chi connectivity index (χ1v) is 4.88. The van der Waals surface area contributed by atoms with Gasteiger partial charge in [0.25, 0.3) is 0 Å². The molecule has 0 fully saturated rings. The van der Waals surface area contributed by atoms with E-state index in [0.29, 0.717) is 0 Å². The van der Waals surface area contributed by atoms with Crippen LogP contribution in [0.25, 0.3) is 0 Å². The van der Waals surface area contributed by atoms with Crippen molar-refractivity contribution < 1.29 is 5.11 Å². The Hall–Kier alpha value is -0.600. The first-order chi connectivity index (χ1) is 6.18. The standard InChI is InChI=1S/C11H21NO/c1-4-5-6-7-8-9-10-12(3)11(2)13/h5-8,11,13H,4,9-10H2,1-3H3. The fourth-order valence-corrected chi connectivity index (χ4v) is 0.854. The van der Waals surface area contributed by atoms with E-state index >= 15 is 0 Å². The fourth-order valence-electron chi connectivity index (χ4n) is 0.854. The van der Waals surface area contributed by atoms with Crippen LogP contribution in [0.5, 0.6) is 0 Å². The molecule has 0 aromatic heterocycles. The van der Waals surface area contributed by atoms with Gasteiger partial charge in [-0.1, -0.05) is 31.2 Å². The van der Waals surface area contributed by atoms with Crippen LogP contribution in [0.2, 0.25) is 0 Å². The van der Waals surface area contributed by atoms with Gasteiger partial charge in [-0.2, -0.15) is 0 Å². The van der Waals surface area contributed by atoms with Crippen molar-refractivity contribution in [3.05, 3.63) is 24.3 Å². The second-order valence-corrected chi connectivity index (χ2v) is 3.17. The van der Waals surface area contributed by atoms with Gasteiger partial charge in [0.1, 0.15) is 6.23 Å². The summed E-state index contributed by atoms with van der Waals surface area (Å²) < 4.78 is 0. The van der Waals surface area contributed by atoms with E-state index in [1.54, 1.807) is 6.92 Å². The first-order valence-electron chi connectivity index (χ1n) is 4.88. The van der Waals surface area contributed by atoms with E-state index in [9.17, 15) is 0 Å². The third kappa shape index (κ3) is 7.75. The molecule has 1 N–H and O–H groups in total. The van der Waals surface area contributed by atoms with Gasteiger partial charge in [-0.3, -0.25) is 4.90 Å². The second kappa shape index (κ2) is 8.02. The number of hydrogen-bond donors (Lipinski definition) is 1. The van der Waals surface area contributed by atoms with Crippen LogP contribution >= 0.6 is 0 Å². The molecule has 0 spiro atoms. The fraction of sp³-hybridized carbons (Fsp3) is 0.636. The maximum absolute atomic E-state index is 9.15. The minimum atomic E-state index is -0.348. The second-order valence-electron chi connectivity index (χ2n) is 3.17. The number of allylic oxidation sites excluding steroid dienone is 3. The van der Waals surface area contributed by atoms with E-state index in [4.69, 9.17) is 5.11 Å². The van der Waals surface area contributed by atoms with Crippen LogP contribution in [0.15, 0.2) is 24.3 Å². The minimum Gasteiger partial charge on any atom is -0.379 e. The predicted molar refractivity (Wildman–Crippen MR) is 57.5 cm³/mol. The topological polar surface area (TPSA) is 23.5 Å². The Kier molecular flexibility index (Phi) is 7.65. The van der Waals surface area contributed by atoms with Gasteiger partial charge in [0.2, 0.25) is 0 Å². The highest BCUT2D eigenvalue weighted by Gasteiger charge is 2.00. The molecule has 0 bridgehead atoms. The van der Waals surface area contributed by atoms with Gasteiger partial charge in [-0.05, 0) is 26.8 Å². The van der Waals surface area contributed by atoms with E-state index in [1.807, 2.05) is 11.9 Å². The average Bonchev–Trinajstić information content (AvgIpc) is 2.10. The van der Waals surface area contributed by atoms with Crippen LogP contribution in [0, 0.1) is 0 Å². The lowest BCUT2D eigenvalue weighted by molar-refractivity contribution is 0.0398. The molecule has 0 aromatic carbocycles. The highest BCUT2D eigenvalue weighted by molar-refractivity contribution is 5.01. The molecule has 1 unspecified atom stereocenters. The highest BCUT2D eigenvalue weighted by Crippen LogP contribution is 1.94. The minimum absolute atomic E-state index is 0.348. The summed E-state index contributed by atoms with van der Waals surface area (Å²) in [7, 11) is 1.92. The van der Waals surface area contributed by atoms with Crippen LogP contribution in [0.4, 0.5) is 0 Å². The Morgan fingerprint density at radius 2 is 1.92 bits per heavy atom. The Bertz CT molecular complexity index is 161. The van der Waals surface area contributed by atoms with E-state index in [0.717, 1.165) is 19.4 Å². The molecule has 0 aliphatic rings. The van der Waals surface area contributed by atoms with Gasteiger partial charge in [-0.15, -0.1) is 0 Å². The number of aliphatic hydroxyl groups excluding tert-OH is 1. The van der Waals surface area contributed by atoms with Gasteiger partial charge in [0.05, 0.1) is 0 Å². The molecule has 0 saturated heterocycles. The SMILES string of the molecule is CCC=CC=CCCN(C)C(C)O. The van der Waals surface area contributed by atoms with E-state index in [2.05, 4.69) is 31.2 Å². The molecule has 2 heteroatoms. The molecule has 0 aliphatic heterocycles. The van der Waals surface area contributed by atoms with Crippen molar-refractivity contribution in [2.75, 3.05) is 13.6 Å². The molecule has 0 aliphatic carbocycles. The summed E-state index contributed by atoms with van der Waals surface area (Å²) in [6.07, 6.45) is 10.1. The van der Waals surface area contributed by atoms with Crippen LogP contribution in [0.3, 0.4) is 0 Å². The molecule has 76 valence electrons. The lowest BCUT2D eigenvalue weighted by Gasteiger charge is -2.18. The zero-order chi connectivity index (χ0) is 10.1. The quantitative estimate of drug-likeness (QED) is 0.504. The van der Waals surface area contributed by atoms with Gasteiger partial charge in [-0.25, -0.2) is 0 Å². The van der Waals surface area contributed by atoms with Crippen molar-refractivity contribution in [3.63, 3.8) is 0 Å². The number of aliphatic hydroxyl groups is 1. The average molecular weight is 183 g/mol. The maximum atomic E-state index is 9.15. The number of rotatable bonds is 6. The molecule has 1 atom stereocenters. The largest absolute Gasteiger partial charge is 0.379 e. The van der Waals surface area contributed by atoms with Crippen LogP contribution < -0.4 is 0 Å². The Labute approximate surface area is 81.6 Å². The zero-order valence-corrected chi connectivity index (χ0v) is 8.90. The molecule has 0 saturated carbocycles. The lowest BCUT2D eigenvalue weighted by Crippen LogP contribution is -2.29. The van der Waals surface area contributed by atoms with Crippen molar-refractivity contribution >= 4 is 0 Å². The number of nitrogens with zero attached hydrogens (tertiary/aromatic N) is 1.